The minimum absolute atomic E-state index is 0. The lowest BCUT2D eigenvalue weighted by Crippen LogP contribution is -2.45. The van der Waals surface area contributed by atoms with Gasteiger partial charge in [-0.05, 0) is 24.1 Å². The molecule has 2 N–H and O–H groups in total. The maximum Gasteiger partial charge on any atom is 0.308 e. The van der Waals surface area contributed by atoms with E-state index in [-0.39, 0.29) is 31.0 Å². The zero-order chi connectivity index (χ0) is 14.4. The topological polar surface area (TPSA) is 61.8 Å². The Morgan fingerprint density at radius 3 is 2.48 bits per heavy atom. The molecular formula is C15H23ClN2O3. The molecule has 118 valence electrons. The summed E-state index contributed by atoms with van der Waals surface area (Å²) in [5.41, 5.74) is 1.15. The average molecular weight is 315 g/mol. The van der Waals surface area contributed by atoms with E-state index in [0.717, 1.165) is 31.7 Å². The molecule has 2 rings (SSSR count). The molecule has 0 unspecified atom stereocenters. The molecule has 1 saturated heterocycles. The van der Waals surface area contributed by atoms with Crippen LogP contribution in [-0.4, -0.2) is 48.8 Å². The maximum atomic E-state index is 10.9. The molecule has 1 atom stereocenters. The number of piperazine rings is 1. The van der Waals surface area contributed by atoms with Gasteiger partial charge in [0.2, 0.25) is 0 Å². The largest absolute Gasteiger partial charge is 0.427 e. The van der Waals surface area contributed by atoms with Crippen molar-refractivity contribution in [2.75, 3.05) is 32.8 Å². The quantitative estimate of drug-likeness (QED) is 0.635. The molecule has 1 aromatic rings. The van der Waals surface area contributed by atoms with Gasteiger partial charge in [0.05, 0.1) is 0 Å². The van der Waals surface area contributed by atoms with Crippen molar-refractivity contribution in [3.63, 3.8) is 0 Å². The zero-order valence-electron chi connectivity index (χ0n) is 12.2. The Balaban J connectivity index is 0.00000220. The van der Waals surface area contributed by atoms with Crippen LogP contribution in [0.4, 0.5) is 0 Å². The third kappa shape index (κ3) is 5.28. The van der Waals surface area contributed by atoms with Gasteiger partial charge in [-0.15, -0.1) is 12.4 Å². The number of hydrogen-bond donors (Lipinski definition) is 2. The van der Waals surface area contributed by atoms with Crippen LogP contribution in [0.3, 0.4) is 0 Å². The molecule has 0 amide bonds. The Hall–Kier alpha value is -1.14. The highest BCUT2D eigenvalue weighted by atomic mass is 35.5. The number of hydrogen-bond acceptors (Lipinski definition) is 5. The van der Waals surface area contributed by atoms with E-state index in [9.17, 15) is 9.90 Å². The number of rotatable bonds is 5. The van der Waals surface area contributed by atoms with E-state index < -0.39 is 0 Å². The first-order chi connectivity index (χ1) is 9.70. The molecule has 21 heavy (non-hydrogen) atoms. The minimum atomic E-state index is -0.313. The fourth-order valence-electron chi connectivity index (χ4n) is 2.60. The number of carbonyl (C=O) groups is 1. The van der Waals surface area contributed by atoms with E-state index in [1.165, 1.54) is 6.92 Å². The standard InChI is InChI=1S/C15H22N2O3.ClH/c1-12(19)20-14-4-2-13(3-5-14)15(6-11-18)17-9-7-16-8-10-17;/h2-5,15-16,18H,6-11H2,1H3;1H/t15-;/m0./s1. The second kappa shape index (κ2) is 9.00. The van der Waals surface area contributed by atoms with Gasteiger partial charge in [-0.25, -0.2) is 0 Å². The van der Waals surface area contributed by atoms with E-state index in [0.29, 0.717) is 12.2 Å². The van der Waals surface area contributed by atoms with Gasteiger partial charge in [0.25, 0.3) is 0 Å². The van der Waals surface area contributed by atoms with E-state index in [1.807, 2.05) is 24.3 Å². The summed E-state index contributed by atoms with van der Waals surface area (Å²) < 4.78 is 5.04. The number of esters is 1. The number of carbonyl (C=O) groups excluding carboxylic acids is 1. The summed E-state index contributed by atoms with van der Waals surface area (Å²) in [5, 5.41) is 12.6. The first-order valence-electron chi connectivity index (χ1n) is 7.04. The molecule has 0 radical (unpaired) electrons. The van der Waals surface area contributed by atoms with Crippen molar-refractivity contribution < 1.29 is 14.6 Å². The Labute approximate surface area is 131 Å². The van der Waals surface area contributed by atoms with Crippen molar-refractivity contribution in [1.82, 2.24) is 10.2 Å². The molecule has 5 nitrogen and oxygen atoms in total. The number of aliphatic hydroxyl groups is 1. The van der Waals surface area contributed by atoms with E-state index in [2.05, 4.69) is 10.2 Å². The van der Waals surface area contributed by atoms with E-state index in [1.54, 1.807) is 0 Å². The van der Waals surface area contributed by atoms with Crippen molar-refractivity contribution in [1.29, 1.82) is 0 Å². The monoisotopic (exact) mass is 314 g/mol. The van der Waals surface area contributed by atoms with Crippen LogP contribution in [0.15, 0.2) is 24.3 Å². The zero-order valence-corrected chi connectivity index (χ0v) is 13.1. The van der Waals surface area contributed by atoms with E-state index in [4.69, 9.17) is 4.74 Å². The highest BCUT2D eigenvalue weighted by Gasteiger charge is 2.21. The van der Waals surface area contributed by atoms with E-state index >= 15 is 0 Å². The Bertz CT molecular complexity index is 433. The van der Waals surface area contributed by atoms with Crippen LogP contribution in [0.2, 0.25) is 0 Å². The van der Waals surface area contributed by atoms with Crippen molar-refractivity contribution in [2.45, 2.75) is 19.4 Å². The molecule has 1 fully saturated rings. The summed E-state index contributed by atoms with van der Waals surface area (Å²) >= 11 is 0. The predicted molar refractivity (Wildman–Crippen MR) is 83.9 cm³/mol. The second-order valence-corrected chi connectivity index (χ2v) is 4.98. The lowest BCUT2D eigenvalue weighted by molar-refractivity contribution is -0.131. The van der Waals surface area contributed by atoms with Crippen LogP contribution in [-0.2, 0) is 4.79 Å². The van der Waals surface area contributed by atoms with Crippen LogP contribution in [0.25, 0.3) is 0 Å². The Morgan fingerprint density at radius 2 is 1.95 bits per heavy atom. The molecule has 1 heterocycles. The SMILES string of the molecule is CC(=O)Oc1ccc([C@H](CCO)N2CCNCC2)cc1.Cl. The summed E-state index contributed by atoms with van der Waals surface area (Å²) in [5.74, 6) is 0.246. The summed E-state index contributed by atoms with van der Waals surface area (Å²) in [6.07, 6.45) is 0.715. The summed E-state index contributed by atoms with van der Waals surface area (Å²) in [7, 11) is 0. The summed E-state index contributed by atoms with van der Waals surface area (Å²) in [6.45, 7) is 5.48. The van der Waals surface area contributed by atoms with Gasteiger partial charge in [-0.1, -0.05) is 12.1 Å². The number of halogens is 1. The smallest absolute Gasteiger partial charge is 0.308 e. The van der Waals surface area contributed by atoms with Crippen LogP contribution < -0.4 is 10.1 Å². The number of nitrogens with one attached hydrogen (secondary N) is 1. The highest BCUT2D eigenvalue weighted by molar-refractivity contribution is 5.85. The van der Waals surface area contributed by atoms with Crippen LogP contribution in [0.5, 0.6) is 5.75 Å². The third-order valence-corrected chi connectivity index (χ3v) is 3.52. The lowest BCUT2D eigenvalue weighted by atomic mass is 10.0. The summed E-state index contributed by atoms with van der Waals surface area (Å²) in [4.78, 5) is 13.3. The fraction of sp³-hybridized carbons (Fsp3) is 0.533. The lowest BCUT2D eigenvalue weighted by Gasteiger charge is -2.35. The fourth-order valence-corrected chi connectivity index (χ4v) is 2.60. The minimum Gasteiger partial charge on any atom is -0.427 e. The Morgan fingerprint density at radius 1 is 1.33 bits per heavy atom. The molecule has 1 aliphatic heterocycles. The number of nitrogens with zero attached hydrogens (tertiary/aromatic N) is 1. The molecule has 6 heteroatoms. The molecule has 0 aliphatic carbocycles. The molecule has 1 aromatic carbocycles. The van der Waals surface area contributed by atoms with Crippen LogP contribution in [0, 0.1) is 0 Å². The molecular weight excluding hydrogens is 292 g/mol. The summed E-state index contributed by atoms with van der Waals surface area (Å²) in [6, 6.07) is 7.78. The van der Waals surface area contributed by atoms with Gasteiger partial charge in [0.1, 0.15) is 5.75 Å². The molecule has 0 saturated carbocycles. The second-order valence-electron chi connectivity index (χ2n) is 4.98. The molecule has 0 spiro atoms. The van der Waals surface area contributed by atoms with Gasteiger partial charge < -0.3 is 15.2 Å². The molecule has 0 aromatic heterocycles. The highest BCUT2D eigenvalue weighted by Crippen LogP contribution is 2.26. The number of aliphatic hydroxyl groups excluding tert-OH is 1. The predicted octanol–water partition coefficient (Wildman–Crippen LogP) is 1.36. The van der Waals surface area contributed by atoms with Gasteiger partial charge in [0.15, 0.2) is 0 Å². The van der Waals surface area contributed by atoms with Crippen molar-refractivity contribution in [3.05, 3.63) is 29.8 Å². The normalized spacial score (nSPS) is 16.9. The first kappa shape index (κ1) is 17.9. The van der Waals surface area contributed by atoms with Crippen molar-refractivity contribution in [2.24, 2.45) is 0 Å². The Kier molecular flexibility index (Phi) is 7.67. The van der Waals surface area contributed by atoms with Gasteiger partial charge >= 0.3 is 5.97 Å². The van der Waals surface area contributed by atoms with Gasteiger partial charge in [-0.3, -0.25) is 9.69 Å². The van der Waals surface area contributed by atoms with Gasteiger partial charge in [-0.2, -0.15) is 0 Å². The maximum absolute atomic E-state index is 10.9. The molecule has 0 bridgehead atoms. The van der Waals surface area contributed by atoms with Crippen LogP contribution in [0.1, 0.15) is 24.9 Å². The van der Waals surface area contributed by atoms with Gasteiger partial charge in [0, 0.05) is 45.8 Å². The average Bonchev–Trinajstić information content (AvgIpc) is 2.46. The van der Waals surface area contributed by atoms with Crippen molar-refractivity contribution >= 4 is 18.4 Å². The first-order valence-corrected chi connectivity index (χ1v) is 7.04. The van der Waals surface area contributed by atoms with Crippen LogP contribution >= 0.6 is 12.4 Å². The molecule has 1 aliphatic rings. The van der Waals surface area contributed by atoms with Crippen molar-refractivity contribution in [3.8, 4) is 5.75 Å². The third-order valence-electron chi connectivity index (χ3n) is 3.52. The number of ether oxygens (including phenoxy) is 1. The number of benzene rings is 1.